The number of aromatic nitrogens is 6. The van der Waals surface area contributed by atoms with Crippen molar-refractivity contribution in [3.8, 4) is 5.69 Å². The number of fused-ring (bicyclic) bond motifs is 1. The normalized spacial score (nSPS) is 16.5. The van der Waals surface area contributed by atoms with Gasteiger partial charge in [0.25, 0.3) is 0 Å². The second kappa shape index (κ2) is 9.35. The van der Waals surface area contributed by atoms with E-state index in [2.05, 4.69) is 60.2 Å². The van der Waals surface area contributed by atoms with Crippen LogP contribution in [-0.2, 0) is 13.1 Å². The van der Waals surface area contributed by atoms with E-state index in [1.807, 2.05) is 23.0 Å². The molecule has 9 heteroatoms. The first-order valence-corrected chi connectivity index (χ1v) is 9.28. The van der Waals surface area contributed by atoms with Crippen molar-refractivity contribution in [3.63, 3.8) is 0 Å². The summed E-state index contributed by atoms with van der Waals surface area (Å²) in [5.74, 6) is 0.607. The lowest BCUT2D eigenvalue weighted by atomic mass is 10.1. The maximum absolute atomic E-state index is 4.64. The molecule has 152 valence electrons. The van der Waals surface area contributed by atoms with Crippen LogP contribution < -0.4 is 0 Å². The molecule has 1 aromatic carbocycles. The molecule has 4 heterocycles. The maximum Gasteiger partial charge on any atom is 0.123 e. The standard InChI is InChI=1S/C20H21N7.2ClH/c1-2-7-21-18(3-1)13-25-8-6-16(11-25)12-27-20-9-19(26-14-22-23-15-26)5-4-17(20)10-24-27;;/h1-5,7,9-10,14-16H,6,8,11-13H2;2*1H. The first kappa shape index (κ1) is 21.2. The fraction of sp³-hybridized carbons (Fsp3) is 0.300. The Morgan fingerprint density at radius 1 is 1.03 bits per heavy atom. The van der Waals surface area contributed by atoms with Gasteiger partial charge in [0.1, 0.15) is 12.7 Å². The van der Waals surface area contributed by atoms with Crippen molar-refractivity contribution in [2.24, 2.45) is 5.92 Å². The van der Waals surface area contributed by atoms with E-state index >= 15 is 0 Å². The van der Waals surface area contributed by atoms with Gasteiger partial charge >= 0.3 is 0 Å². The number of rotatable bonds is 5. The Labute approximate surface area is 181 Å². The van der Waals surface area contributed by atoms with E-state index in [9.17, 15) is 0 Å². The van der Waals surface area contributed by atoms with Gasteiger partial charge in [-0.2, -0.15) is 5.10 Å². The van der Waals surface area contributed by atoms with Crippen LogP contribution in [0.25, 0.3) is 16.6 Å². The minimum atomic E-state index is 0. The second-order valence-electron chi connectivity index (χ2n) is 7.15. The highest BCUT2D eigenvalue weighted by atomic mass is 35.5. The zero-order chi connectivity index (χ0) is 18.1. The highest BCUT2D eigenvalue weighted by molar-refractivity contribution is 5.85. The first-order chi connectivity index (χ1) is 13.3. The van der Waals surface area contributed by atoms with E-state index in [0.29, 0.717) is 5.92 Å². The third-order valence-corrected chi connectivity index (χ3v) is 5.26. The molecule has 1 saturated heterocycles. The molecule has 29 heavy (non-hydrogen) atoms. The average molecular weight is 432 g/mol. The molecule has 1 fully saturated rings. The van der Waals surface area contributed by atoms with Crippen LogP contribution in [-0.4, -0.2) is 47.5 Å². The summed E-state index contributed by atoms with van der Waals surface area (Å²) >= 11 is 0. The van der Waals surface area contributed by atoms with Gasteiger partial charge in [0.15, 0.2) is 0 Å². The predicted molar refractivity (Wildman–Crippen MR) is 117 cm³/mol. The van der Waals surface area contributed by atoms with Crippen molar-refractivity contribution in [1.29, 1.82) is 0 Å². The minimum absolute atomic E-state index is 0. The monoisotopic (exact) mass is 431 g/mol. The Kier molecular flexibility index (Phi) is 6.84. The van der Waals surface area contributed by atoms with Gasteiger partial charge in [-0.25, -0.2) is 0 Å². The molecule has 1 atom stereocenters. The lowest BCUT2D eigenvalue weighted by molar-refractivity contribution is 0.304. The zero-order valence-corrected chi connectivity index (χ0v) is 17.5. The average Bonchev–Trinajstić information content (AvgIpc) is 3.45. The molecular formula is C20H23Cl2N7. The van der Waals surface area contributed by atoms with Gasteiger partial charge in [-0.3, -0.25) is 19.1 Å². The van der Waals surface area contributed by atoms with Crippen LogP contribution in [0, 0.1) is 5.92 Å². The van der Waals surface area contributed by atoms with Gasteiger partial charge in [0.2, 0.25) is 0 Å². The summed E-state index contributed by atoms with van der Waals surface area (Å²) in [6.07, 6.45) is 8.44. The van der Waals surface area contributed by atoms with Crippen LogP contribution in [0.5, 0.6) is 0 Å². The zero-order valence-electron chi connectivity index (χ0n) is 15.8. The van der Waals surface area contributed by atoms with E-state index in [1.54, 1.807) is 12.7 Å². The molecule has 1 aliphatic heterocycles. The Hall–Kier alpha value is -2.48. The summed E-state index contributed by atoms with van der Waals surface area (Å²) in [5.41, 5.74) is 3.35. The van der Waals surface area contributed by atoms with Gasteiger partial charge in [0, 0.05) is 31.2 Å². The Morgan fingerprint density at radius 3 is 2.69 bits per heavy atom. The highest BCUT2D eigenvalue weighted by Crippen LogP contribution is 2.23. The smallest absolute Gasteiger partial charge is 0.123 e. The van der Waals surface area contributed by atoms with E-state index in [-0.39, 0.29) is 24.8 Å². The molecule has 1 aliphatic rings. The number of halogens is 2. The number of pyridine rings is 1. The summed E-state index contributed by atoms with van der Waals surface area (Å²) in [5, 5.41) is 13.6. The molecule has 3 aromatic heterocycles. The minimum Gasteiger partial charge on any atom is -0.297 e. The summed E-state index contributed by atoms with van der Waals surface area (Å²) < 4.78 is 4.05. The van der Waals surface area contributed by atoms with Crippen LogP contribution in [0.4, 0.5) is 0 Å². The molecule has 0 amide bonds. The van der Waals surface area contributed by atoms with Crippen LogP contribution in [0.2, 0.25) is 0 Å². The lowest BCUT2D eigenvalue weighted by Crippen LogP contribution is -2.22. The Balaban J connectivity index is 0.00000120. The first-order valence-electron chi connectivity index (χ1n) is 9.28. The number of hydrogen-bond acceptors (Lipinski definition) is 5. The summed E-state index contributed by atoms with van der Waals surface area (Å²) in [6, 6.07) is 12.5. The van der Waals surface area contributed by atoms with Gasteiger partial charge in [0.05, 0.1) is 23.1 Å². The predicted octanol–water partition coefficient (Wildman–Crippen LogP) is 3.38. The van der Waals surface area contributed by atoms with Crippen LogP contribution in [0.15, 0.2) is 61.4 Å². The maximum atomic E-state index is 4.64. The molecule has 5 rings (SSSR count). The summed E-state index contributed by atoms with van der Waals surface area (Å²) in [7, 11) is 0. The van der Waals surface area contributed by atoms with Crippen molar-refractivity contribution < 1.29 is 0 Å². The molecule has 0 spiro atoms. The number of benzene rings is 1. The highest BCUT2D eigenvalue weighted by Gasteiger charge is 2.23. The number of likely N-dealkylation sites (tertiary alicyclic amines) is 1. The quantitative estimate of drug-likeness (QED) is 0.484. The number of nitrogens with zero attached hydrogens (tertiary/aromatic N) is 7. The van der Waals surface area contributed by atoms with E-state index in [1.165, 1.54) is 6.42 Å². The number of hydrogen-bond donors (Lipinski definition) is 0. The van der Waals surface area contributed by atoms with Gasteiger partial charge < -0.3 is 0 Å². The van der Waals surface area contributed by atoms with Crippen LogP contribution in [0.1, 0.15) is 12.1 Å². The lowest BCUT2D eigenvalue weighted by Gasteiger charge is -2.16. The molecule has 0 radical (unpaired) electrons. The molecular weight excluding hydrogens is 409 g/mol. The van der Waals surface area contributed by atoms with Crippen molar-refractivity contribution in [2.45, 2.75) is 19.5 Å². The fourth-order valence-electron chi connectivity index (χ4n) is 3.87. The topological polar surface area (TPSA) is 64.7 Å². The molecule has 0 aliphatic carbocycles. The summed E-state index contributed by atoms with van der Waals surface area (Å²) in [4.78, 5) is 6.93. The van der Waals surface area contributed by atoms with Crippen LogP contribution >= 0.6 is 24.8 Å². The Morgan fingerprint density at radius 2 is 1.90 bits per heavy atom. The third-order valence-electron chi connectivity index (χ3n) is 5.26. The second-order valence-corrected chi connectivity index (χ2v) is 7.15. The molecule has 0 saturated carbocycles. The van der Waals surface area contributed by atoms with Gasteiger partial charge in [-0.05, 0) is 49.2 Å². The SMILES string of the molecule is Cl.Cl.c1ccc(CN2CCC(Cn3ncc4ccc(-n5cnnc5)cc43)C2)nc1. The molecule has 1 unspecified atom stereocenters. The third kappa shape index (κ3) is 4.58. The Bertz CT molecular complexity index is 1030. The van der Waals surface area contributed by atoms with E-state index < -0.39 is 0 Å². The van der Waals surface area contributed by atoms with Crippen molar-refractivity contribution >= 4 is 35.7 Å². The molecule has 4 aromatic rings. The van der Waals surface area contributed by atoms with E-state index in [0.717, 1.165) is 48.5 Å². The fourth-order valence-corrected chi connectivity index (χ4v) is 3.87. The van der Waals surface area contributed by atoms with Crippen LogP contribution in [0.3, 0.4) is 0 Å². The largest absolute Gasteiger partial charge is 0.297 e. The van der Waals surface area contributed by atoms with Crippen molar-refractivity contribution in [1.82, 2.24) is 34.4 Å². The van der Waals surface area contributed by atoms with E-state index in [4.69, 9.17) is 0 Å². The summed E-state index contributed by atoms with van der Waals surface area (Å²) in [6.45, 7) is 4.07. The molecule has 0 bridgehead atoms. The van der Waals surface area contributed by atoms with Crippen molar-refractivity contribution in [3.05, 3.63) is 67.1 Å². The van der Waals surface area contributed by atoms with Gasteiger partial charge in [-0.15, -0.1) is 35.0 Å². The molecule has 0 N–H and O–H groups in total. The van der Waals surface area contributed by atoms with Crippen molar-refractivity contribution in [2.75, 3.05) is 13.1 Å². The molecule has 7 nitrogen and oxygen atoms in total. The van der Waals surface area contributed by atoms with Gasteiger partial charge in [-0.1, -0.05) is 6.07 Å².